The molecule has 0 aliphatic rings. The Hall–Kier alpha value is -1.38. The third-order valence-corrected chi connectivity index (χ3v) is 2.22. The summed E-state index contributed by atoms with van der Waals surface area (Å²) in [5.74, 6) is -0.222. The molecule has 0 radical (unpaired) electrons. The maximum atomic E-state index is 12.6. The van der Waals surface area contributed by atoms with Crippen LogP contribution in [0.3, 0.4) is 0 Å². The highest BCUT2D eigenvalue weighted by Gasteiger charge is 2.08. The first-order chi connectivity index (χ1) is 7.13. The average molecular weight is 209 g/mol. The molecule has 0 spiro atoms. The van der Waals surface area contributed by atoms with Crippen molar-refractivity contribution in [2.75, 3.05) is 0 Å². The number of amides is 1. The number of benzene rings is 1. The lowest BCUT2D eigenvalue weighted by molar-refractivity contribution is -0.121. The smallest absolute Gasteiger partial charge is 0.220 e. The van der Waals surface area contributed by atoms with Crippen molar-refractivity contribution in [1.29, 1.82) is 0 Å². The van der Waals surface area contributed by atoms with Gasteiger partial charge in [0.2, 0.25) is 5.91 Å². The fourth-order valence-electron chi connectivity index (χ4n) is 1.38. The molecule has 0 aliphatic carbocycles. The van der Waals surface area contributed by atoms with Gasteiger partial charge in [-0.25, -0.2) is 4.39 Å². The Morgan fingerprint density at radius 3 is 2.53 bits per heavy atom. The summed E-state index contributed by atoms with van der Waals surface area (Å²) in [4.78, 5) is 11.3. The summed E-state index contributed by atoms with van der Waals surface area (Å²) in [6, 6.07) is 6.11. The van der Waals surface area contributed by atoms with Crippen molar-refractivity contribution >= 4 is 5.91 Å². The Balaban J connectivity index is 2.57. The van der Waals surface area contributed by atoms with Crippen molar-refractivity contribution < 1.29 is 9.18 Å². The first kappa shape index (κ1) is 11.7. The second-order valence-corrected chi connectivity index (χ2v) is 3.59. The number of carbonyl (C=O) groups is 1. The molecule has 15 heavy (non-hydrogen) atoms. The lowest BCUT2D eigenvalue weighted by Crippen LogP contribution is -2.26. The molecule has 82 valence electrons. The number of nitrogens with one attached hydrogen (secondary N) is 1. The molecular weight excluding hydrogens is 193 g/mol. The number of hydrogen-bond donors (Lipinski definition) is 1. The van der Waals surface area contributed by atoms with Crippen LogP contribution in [-0.4, -0.2) is 5.91 Å². The fourth-order valence-corrected chi connectivity index (χ4v) is 1.38. The summed E-state index contributed by atoms with van der Waals surface area (Å²) in [5, 5.41) is 2.86. The topological polar surface area (TPSA) is 29.1 Å². The number of rotatable bonds is 4. The summed E-state index contributed by atoms with van der Waals surface area (Å²) in [6.07, 6.45) is 1.37. The Labute approximate surface area is 89.5 Å². The average Bonchev–Trinajstić information content (AvgIpc) is 2.18. The molecule has 1 aromatic carbocycles. The van der Waals surface area contributed by atoms with Crippen LogP contribution in [0, 0.1) is 5.82 Å². The predicted octanol–water partition coefficient (Wildman–Crippen LogP) is 2.80. The molecule has 0 saturated heterocycles. The molecule has 0 aromatic heterocycles. The minimum Gasteiger partial charge on any atom is -0.350 e. The van der Waals surface area contributed by atoms with Crippen molar-refractivity contribution in [1.82, 2.24) is 5.32 Å². The van der Waals surface area contributed by atoms with Crippen molar-refractivity contribution in [2.24, 2.45) is 0 Å². The van der Waals surface area contributed by atoms with Gasteiger partial charge in [0.15, 0.2) is 0 Å². The van der Waals surface area contributed by atoms with E-state index in [1.54, 1.807) is 12.1 Å². The summed E-state index contributed by atoms with van der Waals surface area (Å²) < 4.78 is 12.6. The van der Waals surface area contributed by atoms with Gasteiger partial charge >= 0.3 is 0 Å². The zero-order chi connectivity index (χ0) is 11.3. The molecule has 3 heteroatoms. The molecule has 0 bridgehead atoms. The van der Waals surface area contributed by atoms with E-state index >= 15 is 0 Å². The Morgan fingerprint density at radius 2 is 2.00 bits per heavy atom. The van der Waals surface area contributed by atoms with Crippen LogP contribution >= 0.6 is 0 Å². The molecular formula is C12H16FNO. The third-order valence-electron chi connectivity index (χ3n) is 2.22. The van der Waals surface area contributed by atoms with Crippen LogP contribution in [0.4, 0.5) is 4.39 Å². The zero-order valence-electron chi connectivity index (χ0n) is 9.09. The first-order valence-corrected chi connectivity index (χ1v) is 5.18. The van der Waals surface area contributed by atoms with E-state index in [2.05, 4.69) is 5.32 Å². The summed E-state index contributed by atoms with van der Waals surface area (Å²) in [7, 11) is 0. The van der Waals surface area contributed by atoms with Crippen LogP contribution in [-0.2, 0) is 4.79 Å². The van der Waals surface area contributed by atoms with Gasteiger partial charge in [-0.05, 0) is 31.0 Å². The van der Waals surface area contributed by atoms with E-state index in [4.69, 9.17) is 0 Å². The largest absolute Gasteiger partial charge is 0.350 e. The molecule has 2 nitrogen and oxygen atoms in total. The molecule has 0 unspecified atom stereocenters. The standard InChI is InChI=1S/C12H16FNO/c1-3-4-12(15)14-9(2)10-5-7-11(13)8-6-10/h5-9H,3-4H2,1-2H3,(H,14,15)/t9-/m1/s1. The maximum Gasteiger partial charge on any atom is 0.220 e. The van der Waals surface area contributed by atoms with Crippen molar-refractivity contribution in [3.8, 4) is 0 Å². The predicted molar refractivity (Wildman–Crippen MR) is 57.9 cm³/mol. The highest BCUT2D eigenvalue weighted by atomic mass is 19.1. The Bertz CT molecular complexity index is 321. The summed E-state index contributed by atoms with van der Waals surface area (Å²) >= 11 is 0. The summed E-state index contributed by atoms with van der Waals surface area (Å²) in [6.45, 7) is 3.85. The number of carbonyl (C=O) groups excluding carboxylic acids is 1. The first-order valence-electron chi connectivity index (χ1n) is 5.18. The van der Waals surface area contributed by atoms with Crippen LogP contribution in [0.1, 0.15) is 38.3 Å². The van der Waals surface area contributed by atoms with Gasteiger partial charge < -0.3 is 5.32 Å². The fraction of sp³-hybridized carbons (Fsp3) is 0.417. The maximum absolute atomic E-state index is 12.6. The minimum atomic E-state index is -0.258. The second kappa shape index (κ2) is 5.49. The molecule has 1 atom stereocenters. The van der Waals surface area contributed by atoms with E-state index in [1.165, 1.54) is 12.1 Å². The van der Waals surface area contributed by atoms with Gasteiger partial charge in [0.1, 0.15) is 5.82 Å². The minimum absolute atomic E-state index is 0.0364. The second-order valence-electron chi connectivity index (χ2n) is 3.59. The number of halogens is 1. The van der Waals surface area contributed by atoms with E-state index in [-0.39, 0.29) is 17.8 Å². The van der Waals surface area contributed by atoms with Gasteiger partial charge in [-0.15, -0.1) is 0 Å². The van der Waals surface area contributed by atoms with E-state index in [1.807, 2.05) is 13.8 Å². The van der Waals surface area contributed by atoms with Crippen LogP contribution in [0.5, 0.6) is 0 Å². The molecule has 0 aliphatic heterocycles. The third kappa shape index (κ3) is 3.70. The SMILES string of the molecule is CCCC(=O)N[C@H](C)c1ccc(F)cc1. The lowest BCUT2D eigenvalue weighted by atomic mass is 10.1. The van der Waals surface area contributed by atoms with Gasteiger partial charge in [-0.1, -0.05) is 19.1 Å². The highest BCUT2D eigenvalue weighted by molar-refractivity contribution is 5.76. The quantitative estimate of drug-likeness (QED) is 0.811. The lowest BCUT2D eigenvalue weighted by Gasteiger charge is -2.13. The van der Waals surface area contributed by atoms with Gasteiger partial charge in [0.25, 0.3) is 0 Å². The molecule has 0 saturated carbocycles. The van der Waals surface area contributed by atoms with Crippen molar-refractivity contribution in [3.63, 3.8) is 0 Å². The van der Waals surface area contributed by atoms with Gasteiger partial charge in [-0.2, -0.15) is 0 Å². The number of hydrogen-bond acceptors (Lipinski definition) is 1. The van der Waals surface area contributed by atoms with Gasteiger partial charge in [0.05, 0.1) is 6.04 Å². The molecule has 1 N–H and O–H groups in total. The van der Waals surface area contributed by atoms with Crippen molar-refractivity contribution in [2.45, 2.75) is 32.7 Å². The van der Waals surface area contributed by atoms with Crippen LogP contribution in [0.2, 0.25) is 0 Å². The molecule has 0 fully saturated rings. The van der Waals surface area contributed by atoms with Crippen LogP contribution in [0.25, 0.3) is 0 Å². The molecule has 1 rings (SSSR count). The normalized spacial score (nSPS) is 12.2. The van der Waals surface area contributed by atoms with Crippen LogP contribution < -0.4 is 5.32 Å². The van der Waals surface area contributed by atoms with Crippen molar-refractivity contribution in [3.05, 3.63) is 35.6 Å². The monoisotopic (exact) mass is 209 g/mol. The van der Waals surface area contributed by atoms with E-state index < -0.39 is 0 Å². The van der Waals surface area contributed by atoms with Gasteiger partial charge in [-0.3, -0.25) is 4.79 Å². The molecule has 0 heterocycles. The Morgan fingerprint density at radius 1 is 1.40 bits per heavy atom. The highest BCUT2D eigenvalue weighted by Crippen LogP contribution is 2.12. The van der Waals surface area contributed by atoms with E-state index in [0.29, 0.717) is 6.42 Å². The molecule has 1 aromatic rings. The van der Waals surface area contributed by atoms with Gasteiger partial charge in [0, 0.05) is 6.42 Å². The Kier molecular flexibility index (Phi) is 4.28. The summed E-state index contributed by atoms with van der Waals surface area (Å²) in [5.41, 5.74) is 0.917. The van der Waals surface area contributed by atoms with E-state index in [0.717, 1.165) is 12.0 Å². The zero-order valence-corrected chi connectivity index (χ0v) is 9.09. The van der Waals surface area contributed by atoms with E-state index in [9.17, 15) is 9.18 Å². The van der Waals surface area contributed by atoms with Crippen LogP contribution in [0.15, 0.2) is 24.3 Å². The molecule has 1 amide bonds.